The Kier molecular flexibility index (Phi) is 7.75. The summed E-state index contributed by atoms with van der Waals surface area (Å²) in [6, 6.07) is 0. The Morgan fingerprint density at radius 3 is 2.67 bits per heavy atom. The lowest BCUT2D eigenvalue weighted by molar-refractivity contribution is 0.0583. The summed E-state index contributed by atoms with van der Waals surface area (Å²) in [5.41, 5.74) is 0. The molecule has 0 aromatic rings. The molecule has 0 rings (SSSR count). The van der Waals surface area contributed by atoms with E-state index in [0.717, 1.165) is 0 Å². The average molecular weight is 198 g/mol. The average Bonchev–Trinajstić information content (AvgIpc) is 2.01. The molecule has 0 aromatic heterocycles. The van der Waals surface area contributed by atoms with Gasteiger partial charge in [-0.05, 0) is 0 Å². The van der Waals surface area contributed by atoms with Crippen LogP contribution in [0.4, 0.5) is 0 Å². The lowest BCUT2D eigenvalue weighted by Crippen LogP contribution is -2.12. The highest BCUT2D eigenvalue weighted by Gasteiger charge is 2.03. The molecular weight excluding hydrogens is 183 g/mol. The number of ether oxygens (including phenoxy) is 1. The van der Waals surface area contributed by atoms with Gasteiger partial charge in [-0.25, -0.2) is 0 Å². The van der Waals surface area contributed by atoms with Crippen LogP contribution in [0.5, 0.6) is 0 Å². The fourth-order valence-electron chi connectivity index (χ4n) is 0.611. The summed E-state index contributed by atoms with van der Waals surface area (Å²) in [5.74, 6) is 0.0673. The Morgan fingerprint density at radius 1 is 1.50 bits per heavy atom. The Balaban J connectivity index is 3.21. The van der Waals surface area contributed by atoms with Crippen molar-refractivity contribution in [3.63, 3.8) is 0 Å². The van der Waals surface area contributed by atoms with Crippen LogP contribution in [0.3, 0.4) is 0 Å². The number of hydrogen-bond acceptors (Lipinski definition) is 4. The van der Waals surface area contributed by atoms with Crippen molar-refractivity contribution in [2.24, 2.45) is 5.92 Å². The number of rotatable bonds is 7. The van der Waals surface area contributed by atoms with Crippen LogP contribution < -0.4 is 0 Å². The molecule has 0 spiro atoms. The maximum absolute atomic E-state index is 10.1. The first-order valence-corrected chi connectivity index (χ1v) is 4.97. The minimum Gasteiger partial charge on any atom is -0.394 e. The van der Waals surface area contributed by atoms with E-state index in [4.69, 9.17) is 14.7 Å². The molecule has 0 saturated carbocycles. The van der Waals surface area contributed by atoms with E-state index in [0.29, 0.717) is 13.2 Å². The topological polar surface area (TPSA) is 76.0 Å². The fraction of sp³-hybridized carbons (Fsp3) is 1.00. The number of aliphatic hydroxyl groups is 1. The minimum absolute atomic E-state index is 0.00975. The zero-order valence-corrected chi connectivity index (χ0v) is 8.02. The molecule has 0 aliphatic heterocycles. The summed E-state index contributed by atoms with van der Waals surface area (Å²) in [7, 11) is -2.81. The van der Waals surface area contributed by atoms with Crippen LogP contribution in [-0.4, -0.2) is 36.4 Å². The highest BCUT2D eigenvalue weighted by Crippen LogP contribution is 2.15. The van der Waals surface area contributed by atoms with Crippen molar-refractivity contribution in [3.05, 3.63) is 0 Å². The first kappa shape index (κ1) is 12.1. The molecule has 0 aromatic carbocycles. The second-order valence-electron chi connectivity index (χ2n) is 2.48. The Morgan fingerprint density at radius 2 is 2.17 bits per heavy atom. The predicted octanol–water partition coefficient (Wildman–Crippen LogP) is 0.0300. The van der Waals surface area contributed by atoms with Gasteiger partial charge in [0.15, 0.2) is 0 Å². The zero-order chi connectivity index (χ0) is 9.40. The molecule has 0 aliphatic carbocycles. The van der Waals surface area contributed by atoms with E-state index in [-0.39, 0.29) is 19.1 Å². The molecule has 74 valence electrons. The van der Waals surface area contributed by atoms with Gasteiger partial charge in [0, 0.05) is 5.92 Å². The molecule has 12 heavy (non-hydrogen) atoms. The van der Waals surface area contributed by atoms with Crippen LogP contribution in [0.2, 0.25) is 0 Å². The summed E-state index contributed by atoms with van der Waals surface area (Å²) < 4.78 is 19.6. The van der Waals surface area contributed by atoms with Crippen molar-refractivity contribution in [1.29, 1.82) is 0 Å². The summed E-state index contributed by atoms with van der Waals surface area (Å²) in [6.45, 7) is 2.75. The molecule has 0 amide bonds. The van der Waals surface area contributed by atoms with E-state index in [1.165, 1.54) is 0 Å². The standard InChI is InChI=1S/C6H15O5P/c1-6(4-10-3-2-7)5-11-12(8)9/h6-7,12H,2-5H2,1H3,(H,8,9). The first-order valence-electron chi connectivity index (χ1n) is 3.71. The summed E-state index contributed by atoms with van der Waals surface area (Å²) in [4.78, 5) is 8.32. The molecular formula is C6H15O5P. The van der Waals surface area contributed by atoms with Crippen molar-refractivity contribution < 1.29 is 23.8 Å². The quantitative estimate of drug-likeness (QED) is 0.446. The molecule has 2 atom stereocenters. The summed E-state index contributed by atoms with van der Waals surface area (Å²) in [6.07, 6.45) is 0. The van der Waals surface area contributed by atoms with E-state index < -0.39 is 8.25 Å². The van der Waals surface area contributed by atoms with Gasteiger partial charge in [-0.1, -0.05) is 6.92 Å². The van der Waals surface area contributed by atoms with E-state index in [9.17, 15) is 4.57 Å². The maximum Gasteiger partial charge on any atom is 0.316 e. The third kappa shape index (κ3) is 8.17. The predicted molar refractivity (Wildman–Crippen MR) is 44.2 cm³/mol. The van der Waals surface area contributed by atoms with Crippen molar-refractivity contribution in [3.8, 4) is 0 Å². The molecule has 2 N–H and O–H groups in total. The monoisotopic (exact) mass is 198 g/mol. The van der Waals surface area contributed by atoms with Gasteiger partial charge in [-0.3, -0.25) is 4.57 Å². The lowest BCUT2D eigenvalue weighted by Gasteiger charge is -2.09. The minimum atomic E-state index is -2.81. The molecule has 0 bridgehead atoms. The maximum atomic E-state index is 10.1. The van der Waals surface area contributed by atoms with Gasteiger partial charge < -0.3 is 19.3 Å². The highest BCUT2D eigenvalue weighted by molar-refractivity contribution is 7.32. The van der Waals surface area contributed by atoms with E-state index >= 15 is 0 Å². The second kappa shape index (κ2) is 7.71. The molecule has 0 radical (unpaired) electrons. The Bertz CT molecular complexity index is 129. The van der Waals surface area contributed by atoms with Crippen LogP contribution in [0.25, 0.3) is 0 Å². The van der Waals surface area contributed by atoms with Crippen LogP contribution in [0.1, 0.15) is 6.92 Å². The van der Waals surface area contributed by atoms with Crippen LogP contribution in [-0.2, 0) is 13.8 Å². The first-order chi connectivity index (χ1) is 5.66. The molecule has 2 unspecified atom stereocenters. The SMILES string of the molecule is CC(COCCO)CO[PH](=O)O. The highest BCUT2D eigenvalue weighted by atomic mass is 31.1. The van der Waals surface area contributed by atoms with Crippen LogP contribution in [0.15, 0.2) is 0 Å². The van der Waals surface area contributed by atoms with Gasteiger partial charge in [0.05, 0.1) is 26.4 Å². The molecule has 0 saturated heterocycles. The third-order valence-corrected chi connectivity index (χ3v) is 1.54. The zero-order valence-electron chi connectivity index (χ0n) is 7.02. The van der Waals surface area contributed by atoms with E-state index in [2.05, 4.69) is 4.52 Å². The van der Waals surface area contributed by atoms with Gasteiger partial charge in [-0.15, -0.1) is 0 Å². The van der Waals surface area contributed by atoms with Gasteiger partial charge in [0.25, 0.3) is 0 Å². The molecule has 5 nitrogen and oxygen atoms in total. The van der Waals surface area contributed by atoms with Gasteiger partial charge in [0.2, 0.25) is 0 Å². The van der Waals surface area contributed by atoms with Crippen molar-refractivity contribution in [2.45, 2.75) is 6.92 Å². The van der Waals surface area contributed by atoms with Gasteiger partial charge in [0.1, 0.15) is 0 Å². The second-order valence-corrected chi connectivity index (χ2v) is 3.30. The number of aliphatic hydroxyl groups excluding tert-OH is 1. The van der Waals surface area contributed by atoms with Gasteiger partial charge in [-0.2, -0.15) is 0 Å². The van der Waals surface area contributed by atoms with Crippen molar-refractivity contribution >= 4 is 8.25 Å². The van der Waals surface area contributed by atoms with Gasteiger partial charge >= 0.3 is 8.25 Å². The molecule has 0 fully saturated rings. The lowest BCUT2D eigenvalue weighted by atomic mass is 10.2. The Labute approximate surface area is 72.3 Å². The third-order valence-electron chi connectivity index (χ3n) is 1.13. The van der Waals surface area contributed by atoms with Crippen LogP contribution in [0, 0.1) is 5.92 Å². The number of hydrogen-bond donors (Lipinski definition) is 2. The summed E-state index contributed by atoms with van der Waals surface area (Å²) in [5, 5.41) is 8.36. The molecule has 0 aliphatic rings. The smallest absolute Gasteiger partial charge is 0.316 e. The van der Waals surface area contributed by atoms with E-state index in [1.807, 2.05) is 6.92 Å². The van der Waals surface area contributed by atoms with Crippen LogP contribution >= 0.6 is 8.25 Å². The normalized spacial score (nSPS) is 15.9. The van der Waals surface area contributed by atoms with Crippen molar-refractivity contribution in [1.82, 2.24) is 0 Å². The summed E-state index contributed by atoms with van der Waals surface area (Å²) >= 11 is 0. The molecule has 6 heteroatoms. The largest absolute Gasteiger partial charge is 0.394 e. The fourth-order valence-corrected chi connectivity index (χ4v) is 1.04. The molecule has 0 heterocycles. The Hall–Kier alpha value is 0.0700. The van der Waals surface area contributed by atoms with Crippen molar-refractivity contribution in [2.75, 3.05) is 26.4 Å². The van der Waals surface area contributed by atoms with E-state index in [1.54, 1.807) is 0 Å².